The number of piperidine rings is 1. The number of amides is 3. The predicted molar refractivity (Wildman–Crippen MR) is 104 cm³/mol. The quantitative estimate of drug-likeness (QED) is 0.605. The smallest absolute Gasteiger partial charge is 0.255 e. The normalized spacial score (nSPS) is 31.9. The van der Waals surface area contributed by atoms with E-state index in [1.54, 1.807) is 4.90 Å². The van der Waals surface area contributed by atoms with Gasteiger partial charge in [-0.2, -0.15) is 0 Å². The van der Waals surface area contributed by atoms with E-state index in [0.717, 1.165) is 37.1 Å². The van der Waals surface area contributed by atoms with Crippen molar-refractivity contribution >= 4 is 17.7 Å². The van der Waals surface area contributed by atoms with Crippen molar-refractivity contribution in [3.8, 4) is 0 Å². The van der Waals surface area contributed by atoms with E-state index in [4.69, 9.17) is 0 Å². The Balaban J connectivity index is 1.39. The van der Waals surface area contributed by atoms with Crippen molar-refractivity contribution in [3.05, 3.63) is 34.9 Å². The monoisotopic (exact) mass is 398 g/mol. The standard InChI is InChI=1S/C21H26N4O4/c26-11-16-17-5-4-13(8-22-16)24(17)9-12-2-1-3-14-15(12)10-25(21(14)29)18-6-7-19(27)23-20(18)28/h1-3,13,16-18,22,26H,4-11H2,(H,23,27,28)/t13-,16-,17+,18?/m0/s1. The maximum absolute atomic E-state index is 13.0. The van der Waals surface area contributed by atoms with Gasteiger partial charge >= 0.3 is 0 Å². The SMILES string of the molecule is O=C1CCC(N2Cc3c(CN4[C@H]5CC[C@@H]4[C@H](CO)NC5)cccc3C2=O)C(=O)N1. The van der Waals surface area contributed by atoms with Crippen LogP contribution in [0.15, 0.2) is 18.2 Å². The fourth-order valence-electron chi connectivity index (χ4n) is 5.47. The molecule has 3 N–H and O–H groups in total. The van der Waals surface area contributed by atoms with Crippen molar-refractivity contribution < 1.29 is 19.5 Å². The highest BCUT2D eigenvalue weighted by Gasteiger charge is 2.43. The Hall–Kier alpha value is -2.29. The number of piperazine rings is 1. The second-order valence-electron chi connectivity index (χ2n) is 8.51. The first kappa shape index (κ1) is 18.7. The van der Waals surface area contributed by atoms with Crippen molar-refractivity contribution in [2.45, 2.75) is 62.9 Å². The summed E-state index contributed by atoms with van der Waals surface area (Å²) in [4.78, 5) is 40.8. The summed E-state index contributed by atoms with van der Waals surface area (Å²) in [6.45, 7) is 2.15. The van der Waals surface area contributed by atoms with Crippen LogP contribution in [0.2, 0.25) is 0 Å². The summed E-state index contributed by atoms with van der Waals surface area (Å²) in [5.41, 5.74) is 2.76. The Morgan fingerprint density at radius 1 is 1.14 bits per heavy atom. The highest BCUT2D eigenvalue weighted by atomic mass is 16.3. The minimum absolute atomic E-state index is 0.0899. The number of carbonyl (C=O) groups excluding carboxylic acids is 3. The third kappa shape index (κ3) is 3.06. The zero-order chi connectivity index (χ0) is 20.1. The Morgan fingerprint density at radius 3 is 2.79 bits per heavy atom. The summed E-state index contributed by atoms with van der Waals surface area (Å²) in [7, 11) is 0. The lowest BCUT2D eigenvalue weighted by Crippen LogP contribution is -2.58. The number of hydrogen-bond donors (Lipinski definition) is 3. The number of aliphatic hydroxyl groups excluding tert-OH is 1. The van der Waals surface area contributed by atoms with E-state index in [1.165, 1.54) is 0 Å². The third-order valence-electron chi connectivity index (χ3n) is 7.00. The summed E-state index contributed by atoms with van der Waals surface area (Å²) < 4.78 is 0. The molecule has 0 spiro atoms. The van der Waals surface area contributed by atoms with Gasteiger partial charge in [-0.05, 0) is 36.5 Å². The molecule has 1 unspecified atom stereocenters. The molecule has 0 saturated carbocycles. The lowest BCUT2D eigenvalue weighted by Gasteiger charge is -2.40. The van der Waals surface area contributed by atoms with Crippen LogP contribution < -0.4 is 10.6 Å². The van der Waals surface area contributed by atoms with Crippen LogP contribution in [0.1, 0.15) is 47.2 Å². The van der Waals surface area contributed by atoms with Gasteiger partial charge in [0.25, 0.3) is 5.91 Å². The molecule has 0 aromatic heterocycles. The number of imide groups is 1. The Morgan fingerprint density at radius 2 is 2.00 bits per heavy atom. The zero-order valence-electron chi connectivity index (χ0n) is 16.3. The summed E-state index contributed by atoms with van der Waals surface area (Å²) in [6, 6.07) is 6.06. The molecule has 3 amide bonds. The fourth-order valence-corrected chi connectivity index (χ4v) is 5.47. The fraction of sp³-hybridized carbons (Fsp3) is 0.571. The third-order valence-corrected chi connectivity index (χ3v) is 7.00. The van der Waals surface area contributed by atoms with Gasteiger partial charge in [0.2, 0.25) is 11.8 Å². The zero-order valence-corrected chi connectivity index (χ0v) is 16.3. The minimum atomic E-state index is -0.588. The van der Waals surface area contributed by atoms with Gasteiger partial charge in [-0.1, -0.05) is 12.1 Å². The molecule has 154 valence electrons. The van der Waals surface area contributed by atoms with Gasteiger partial charge in [-0.15, -0.1) is 0 Å². The van der Waals surface area contributed by atoms with Crippen LogP contribution in [0, 0.1) is 0 Å². The molecule has 8 heteroatoms. The van der Waals surface area contributed by atoms with Gasteiger partial charge in [-0.3, -0.25) is 24.6 Å². The average Bonchev–Trinajstić information content (AvgIpc) is 3.17. The number of hydrogen-bond acceptors (Lipinski definition) is 6. The topological polar surface area (TPSA) is 102 Å². The maximum Gasteiger partial charge on any atom is 0.255 e. The van der Waals surface area contributed by atoms with E-state index >= 15 is 0 Å². The predicted octanol–water partition coefficient (Wildman–Crippen LogP) is -0.255. The minimum Gasteiger partial charge on any atom is -0.395 e. The van der Waals surface area contributed by atoms with E-state index in [9.17, 15) is 19.5 Å². The summed E-state index contributed by atoms with van der Waals surface area (Å²) in [6.07, 6.45) is 2.82. The van der Waals surface area contributed by atoms with E-state index in [1.807, 2.05) is 12.1 Å². The lowest BCUT2D eigenvalue weighted by atomic mass is 10.00. The second kappa shape index (κ2) is 7.19. The van der Waals surface area contributed by atoms with Crippen LogP contribution in [0.25, 0.3) is 0 Å². The number of rotatable bonds is 4. The van der Waals surface area contributed by atoms with Crippen LogP contribution in [0.4, 0.5) is 0 Å². The van der Waals surface area contributed by atoms with Crippen LogP contribution in [0.5, 0.6) is 0 Å². The number of benzene rings is 1. The summed E-state index contributed by atoms with van der Waals surface area (Å²) >= 11 is 0. The first-order chi connectivity index (χ1) is 14.1. The van der Waals surface area contributed by atoms with E-state index in [-0.39, 0.29) is 36.8 Å². The molecule has 0 radical (unpaired) electrons. The molecule has 4 atom stereocenters. The maximum atomic E-state index is 13.0. The molecule has 1 aromatic rings. The van der Waals surface area contributed by atoms with Crippen molar-refractivity contribution in [1.29, 1.82) is 0 Å². The van der Waals surface area contributed by atoms with Crippen molar-refractivity contribution in [1.82, 2.24) is 20.4 Å². The molecule has 0 aliphatic carbocycles. The number of fused-ring (bicyclic) bond motifs is 3. The molecule has 4 aliphatic heterocycles. The molecule has 3 fully saturated rings. The molecule has 3 saturated heterocycles. The molecular formula is C21H26N4O4. The van der Waals surface area contributed by atoms with Crippen LogP contribution in [-0.2, 0) is 22.7 Å². The van der Waals surface area contributed by atoms with E-state index in [0.29, 0.717) is 30.6 Å². The van der Waals surface area contributed by atoms with Crippen LogP contribution >= 0.6 is 0 Å². The van der Waals surface area contributed by atoms with Gasteiger partial charge in [0.15, 0.2) is 0 Å². The molecular weight excluding hydrogens is 372 g/mol. The molecule has 2 bridgehead atoms. The van der Waals surface area contributed by atoms with E-state index in [2.05, 4.69) is 21.6 Å². The highest BCUT2D eigenvalue weighted by molar-refractivity contribution is 6.05. The molecule has 4 aliphatic rings. The number of nitrogens with one attached hydrogen (secondary N) is 2. The van der Waals surface area contributed by atoms with Crippen molar-refractivity contribution in [2.75, 3.05) is 13.2 Å². The number of nitrogens with zero attached hydrogens (tertiary/aromatic N) is 2. The molecule has 1 aromatic carbocycles. The number of aliphatic hydroxyl groups is 1. The van der Waals surface area contributed by atoms with Crippen molar-refractivity contribution in [2.24, 2.45) is 0 Å². The number of carbonyl (C=O) groups is 3. The molecule has 4 heterocycles. The van der Waals surface area contributed by atoms with Crippen LogP contribution in [0.3, 0.4) is 0 Å². The van der Waals surface area contributed by atoms with E-state index < -0.39 is 6.04 Å². The Kier molecular flexibility index (Phi) is 4.64. The Bertz CT molecular complexity index is 872. The molecule has 29 heavy (non-hydrogen) atoms. The first-order valence-electron chi connectivity index (χ1n) is 10.4. The molecule has 8 nitrogen and oxygen atoms in total. The van der Waals surface area contributed by atoms with Gasteiger partial charge in [0, 0.05) is 49.7 Å². The Labute approximate surface area is 169 Å². The first-order valence-corrected chi connectivity index (χ1v) is 10.4. The van der Waals surface area contributed by atoms with Gasteiger partial charge in [0.1, 0.15) is 6.04 Å². The summed E-state index contributed by atoms with van der Waals surface area (Å²) in [5.74, 6) is -0.786. The van der Waals surface area contributed by atoms with Gasteiger partial charge < -0.3 is 15.3 Å². The highest BCUT2D eigenvalue weighted by Crippen LogP contribution is 2.35. The van der Waals surface area contributed by atoms with Crippen molar-refractivity contribution in [3.63, 3.8) is 0 Å². The lowest BCUT2D eigenvalue weighted by molar-refractivity contribution is -0.136. The average molecular weight is 398 g/mol. The largest absolute Gasteiger partial charge is 0.395 e. The van der Waals surface area contributed by atoms with Gasteiger partial charge in [-0.25, -0.2) is 0 Å². The molecule has 5 rings (SSSR count). The van der Waals surface area contributed by atoms with Crippen LogP contribution in [-0.4, -0.2) is 69.9 Å². The van der Waals surface area contributed by atoms with Gasteiger partial charge in [0.05, 0.1) is 6.61 Å². The second-order valence-corrected chi connectivity index (χ2v) is 8.51. The summed E-state index contributed by atoms with van der Waals surface area (Å²) in [5, 5.41) is 15.5.